The van der Waals surface area contributed by atoms with E-state index in [2.05, 4.69) is 46.4 Å². The number of nitrogens with zero attached hydrogens (tertiary/aromatic N) is 2. The van der Waals surface area contributed by atoms with Gasteiger partial charge in [0.2, 0.25) is 0 Å². The van der Waals surface area contributed by atoms with Crippen molar-refractivity contribution in [3.63, 3.8) is 0 Å². The SMILES string of the molecule is CN(CCN1CCCC1)CC1NCCc2ccccc21. The smallest absolute Gasteiger partial charge is 0.0452 e. The van der Waals surface area contributed by atoms with E-state index in [9.17, 15) is 0 Å². The van der Waals surface area contributed by atoms with Crippen LogP contribution in [0, 0.1) is 0 Å². The van der Waals surface area contributed by atoms with E-state index in [1.165, 1.54) is 56.6 Å². The molecule has 1 atom stereocenters. The van der Waals surface area contributed by atoms with Gasteiger partial charge in [-0.1, -0.05) is 24.3 Å². The van der Waals surface area contributed by atoms with Crippen LogP contribution in [0.15, 0.2) is 24.3 Å². The van der Waals surface area contributed by atoms with Gasteiger partial charge in [-0.15, -0.1) is 0 Å². The van der Waals surface area contributed by atoms with E-state index in [4.69, 9.17) is 0 Å². The zero-order valence-corrected chi connectivity index (χ0v) is 12.6. The summed E-state index contributed by atoms with van der Waals surface area (Å²) in [4.78, 5) is 5.08. The lowest BCUT2D eigenvalue weighted by molar-refractivity contribution is 0.236. The first-order valence-corrected chi connectivity index (χ1v) is 8.05. The van der Waals surface area contributed by atoms with Crippen LogP contribution in [-0.2, 0) is 6.42 Å². The number of rotatable bonds is 5. The van der Waals surface area contributed by atoms with Crippen molar-refractivity contribution in [2.24, 2.45) is 0 Å². The molecule has 1 fully saturated rings. The Labute approximate surface area is 123 Å². The third-order valence-corrected chi connectivity index (χ3v) is 4.71. The first-order chi connectivity index (χ1) is 9.83. The fourth-order valence-corrected chi connectivity index (χ4v) is 3.48. The van der Waals surface area contributed by atoms with Gasteiger partial charge in [-0.2, -0.15) is 0 Å². The average Bonchev–Trinajstić information content (AvgIpc) is 2.99. The third-order valence-electron chi connectivity index (χ3n) is 4.71. The van der Waals surface area contributed by atoms with Crippen molar-refractivity contribution in [2.75, 3.05) is 46.3 Å². The molecule has 0 saturated carbocycles. The highest BCUT2D eigenvalue weighted by Gasteiger charge is 2.20. The predicted octanol–water partition coefficient (Wildman–Crippen LogP) is 1.90. The third kappa shape index (κ3) is 3.40. The molecule has 0 aromatic heterocycles. The summed E-state index contributed by atoms with van der Waals surface area (Å²) in [6.07, 6.45) is 3.95. The van der Waals surface area contributed by atoms with Crippen molar-refractivity contribution in [3.8, 4) is 0 Å². The Bertz CT molecular complexity index is 426. The normalized spacial score (nSPS) is 23.2. The monoisotopic (exact) mass is 273 g/mol. The Kier molecular flexibility index (Phi) is 4.71. The molecule has 1 N–H and O–H groups in total. The van der Waals surface area contributed by atoms with Gasteiger partial charge in [0.15, 0.2) is 0 Å². The summed E-state index contributed by atoms with van der Waals surface area (Å²) >= 11 is 0. The lowest BCUT2D eigenvalue weighted by Gasteiger charge is -2.31. The number of benzene rings is 1. The maximum atomic E-state index is 3.68. The molecular formula is C17H27N3. The van der Waals surface area contributed by atoms with Crippen molar-refractivity contribution in [2.45, 2.75) is 25.3 Å². The molecule has 1 aromatic rings. The van der Waals surface area contributed by atoms with Gasteiger partial charge in [-0.05, 0) is 57.1 Å². The van der Waals surface area contributed by atoms with Gasteiger partial charge in [-0.3, -0.25) is 0 Å². The maximum Gasteiger partial charge on any atom is 0.0452 e. The highest BCUT2D eigenvalue weighted by molar-refractivity contribution is 5.32. The number of hydrogen-bond donors (Lipinski definition) is 1. The Hall–Kier alpha value is -0.900. The fourth-order valence-electron chi connectivity index (χ4n) is 3.48. The van der Waals surface area contributed by atoms with Gasteiger partial charge >= 0.3 is 0 Å². The topological polar surface area (TPSA) is 18.5 Å². The summed E-state index contributed by atoms with van der Waals surface area (Å²) in [5, 5.41) is 3.68. The van der Waals surface area contributed by atoms with E-state index < -0.39 is 0 Å². The van der Waals surface area contributed by atoms with Crippen LogP contribution in [0.4, 0.5) is 0 Å². The molecule has 3 nitrogen and oxygen atoms in total. The highest BCUT2D eigenvalue weighted by Crippen LogP contribution is 2.23. The molecule has 1 saturated heterocycles. The first kappa shape index (κ1) is 14.1. The van der Waals surface area contributed by atoms with Crippen molar-refractivity contribution in [3.05, 3.63) is 35.4 Å². The lowest BCUT2D eigenvalue weighted by Crippen LogP contribution is -2.40. The molecule has 0 spiro atoms. The lowest BCUT2D eigenvalue weighted by atomic mass is 9.94. The minimum Gasteiger partial charge on any atom is -0.309 e. The molecular weight excluding hydrogens is 246 g/mol. The van der Waals surface area contributed by atoms with Crippen LogP contribution >= 0.6 is 0 Å². The molecule has 0 radical (unpaired) electrons. The first-order valence-electron chi connectivity index (χ1n) is 8.05. The molecule has 3 rings (SSSR count). The van der Waals surface area contributed by atoms with Gasteiger partial charge < -0.3 is 15.1 Å². The molecule has 2 heterocycles. The van der Waals surface area contributed by atoms with E-state index in [1.807, 2.05) is 0 Å². The summed E-state index contributed by atoms with van der Waals surface area (Å²) in [5.74, 6) is 0. The number of hydrogen-bond acceptors (Lipinski definition) is 3. The molecule has 110 valence electrons. The van der Waals surface area contributed by atoms with Crippen LogP contribution < -0.4 is 5.32 Å². The maximum absolute atomic E-state index is 3.68. The van der Waals surface area contributed by atoms with E-state index >= 15 is 0 Å². The molecule has 0 bridgehead atoms. The van der Waals surface area contributed by atoms with Gasteiger partial charge in [-0.25, -0.2) is 0 Å². The quantitative estimate of drug-likeness (QED) is 0.884. The molecule has 0 amide bonds. The van der Waals surface area contributed by atoms with Crippen LogP contribution in [-0.4, -0.2) is 56.1 Å². The van der Waals surface area contributed by atoms with Crippen molar-refractivity contribution < 1.29 is 0 Å². The van der Waals surface area contributed by atoms with Crippen molar-refractivity contribution in [1.29, 1.82) is 0 Å². The second-order valence-corrected chi connectivity index (χ2v) is 6.27. The highest BCUT2D eigenvalue weighted by atomic mass is 15.2. The number of nitrogens with one attached hydrogen (secondary N) is 1. The standard InChI is InChI=1S/C17H27N3/c1-19(12-13-20-10-4-5-11-20)14-17-16-7-3-2-6-15(16)8-9-18-17/h2-3,6-7,17-18H,4-5,8-14H2,1H3. The fraction of sp³-hybridized carbons (Fsp3) is 0.647. The minimum atomic E-state index is 0.503. The molecule has 1 unspecified atom stereocenters. The van der Waals surface area contributed by atoms with Gasteiger partial charge in [0.25, 0.3) is 0 Å². The number of fused-ring (bicyclic) bond motifs is 1. The molecule has 0 aliphatic carbocycles. The van der Waals surface area contributed by atoms with E-state index in [-0.39, 0.29) is 0 Å². The van der Waals surface area contributed by atoms with Crippen LogP contribution in [0.5, 0.6) is 0 Å². The van der Waals surface area contributed by atoms with E-state index in [1.54, 1.807) is 0 Å². The van der Waals surface area contributed by atoms with Crippen molar-refractivity contribution >= 4 is 0 Å². The summed E-state index contributed by atoms with van der Waals surface area (Å²) in [7, 11) is 2.26. The zero-order chi connectivity index (χ0) is 13.8. The van der Waals surface area contributed by atoms with Crippen molar-refractivity contribution in [1.82, 2.24) is 15.1 Å². The Morgan fingerprint density at radius 1 is 1.25 bits per heavy atom. The van der Waals surface area contributed by atoms with Gasteiger partial charge in [0.05, 0.1) is 0 Å². The van der Waals surface area contributed by atoms with E-state index in [0.717, 1.165) is 13.1 Å². The van der Waals surface area contributed by atoms with Crippen LogP contribution in [0.3, 0.4) is 0 Å². The Balaban J connectivity index is 1.52. The molecule has 3 heteroatoms. The molecule has 1 aromatic carbocycles. The van der Waals surface area contributed by atoms with Gasteiger partial charge in [0.1, 0.15) is 0 Å². The van der Waals surface area contributed by atoms with Crippen LogP contribution in [0.2, 0.25) is 0 Å². The molecule has 20 heavy (non-hydrogen) atoms. The number of likely N-dealkylation sites (tertiary alicyclic amines) is 1. The summed E-state index contributed by atoms with van der Waals surface area (Å²) in [6.45, 7) is 7.24. The van der Waals surface area contributed by atoms with E-state index in [0.29, 0.717) is 6.04 Å². The summed E-state index contributed by atoms with van der Waals surface area (Å²) in [5.41, 5.74) is 3.04. The second kappa shape index (κ2) is 6.70. The summed E-state index contributed by atoms with van der Waals surface area (Å²) < 4.78 is 0. The van der Waals surface area contributed by atoms with Crippen LogP contribution in [0.25, 0.3) is 0 Å². The Morgan fingerprint density at radius 2 is 2.05 bits per heavy atom. The minimum absolute atomic E-state index is 0.503. The van der Waals surface area contributed by atoms with Crippen LogP contribution in [0.1, 0.15) is 30.0 Å². The average molecular weight is 273 g/mol. The molecule has 2 aliphatic heterocycles. The second-order valence-electron chi connectivity index (χ2n) is 6.27. The predicted molar refractivity (Wildman–Crippen MR) is 84.1 cm³/mol. The Morgan fingerprint density at radius 3 is 2.90 bits per heavy atom. The largest absolute Gasteiger partial charge is 0.309 e. The zero-order valence-electron chi connectivity index (χ0n) is 12.6. The van der Waals surface area contributed by atoms with Gasteiger partial charge in [0, 0.05) is 25.7 Å². The summed E-state index contributed by atoms with van der Waals surface area (Å²) in [6, 6.07) is 9.42. The molecule has 2 aliphatic rings. The number of likely N-dealkylation sites (N-methyl/N-ethyl adjacent to an activating group) is 1.